The second-order valence-corrected chi connectivity index (χ2v) is 6.22. The molecule has 0 atom stereocenters. The average Bonchev–Trinajstić information content (AvgIpc) is 3.30. The smallest absolute Gasteiger partial charge is 0.319 e. The molecule has 1 fully saturated rings. The molecular weight excluding hydrogens is 344 g/mol. The molecule has 0 saturated heterocycles. The zero-order chi connectivity index (χ0) is 15.6. The fraction of sp³-hybridized carbons (Fsp3) is 0.235. The molecule has 1 saturated carbocycles. The highest BCUT2D eigenvalue weighted by molar-refractivity contribution is 9.10. The molecule has 0 unspecified atom stereocenters. The van der Waals surface area contributed by atoms with Gasteiger partial charge in [-0.2, -0.15) is 0 Å². The lowest BCUT2D eigenvalue weighted by atomic mass is 10.1. The van der Waals surface area contributed by atoms with Crippen LogP contribution in [0.5, 0.6) is 5.75 Å². The first-order valence-electron chi connectivity index (χ1n) is 7.11. The highest BCUT2D eigenvalue weighted by atomic mass is 79.9. The molecule has 2 amide bonds. The van der Waals surface area contributed by atoms with Gasteiger partial charge >= 0.3 is 6.03 Å². The number of halogens is 1. The molecule has 2 aromatic carbocycles. The van der Waals surface area contributed by atoms with Crippen LogP contribution in [0, 0.1) is 0 Å². The third-order valence-corrected chi connectivity index (χ3v) is 4.56. The second-order valence-electron chi connectivity index (χ2n) is 5.37. The largest absolute Gasteiger partial charge is 0.497 e. The van der Waals surface area contributed by atoms with E-state index in [4.69, 9.17) is 4.74 Å². The second kappa shape index (κ2) is 6.01. The van der Waals surface area contributed by atoms with E-state index in [2.05, 4.69) is 26.6 Å². The number of anilines is 1. The summed E-state index contributed by atoms with van der Waals surface area (Å²) in [5.41, 5.74) is 1.61. The van der Waals surface area contributed by atoms with E-state index in [9.17, 15) is 4.79 Å². The number of hydrogen-bond acceptors (Lipinski definition) is 2. The molecule has 0 bridgehead atoms. The Morgan fingerprint density at radius 1 is 1.14 bits per heavy atom. The Labute approximate surface area is 138 Å². The Morgan fingerprint density at radius 2 is 1.82 bits per heavy atom. The van der Waals surface area contributed by atoms with Crippen LogP contribution in [0.3, 0.4) is 0 Å². The molecule has 0 radical (unpaired) electrons. The van der Waals surface area contributed by atoms with E-state index >= 15 is 0 Å². The lowest BCUT2D eigenvalue weighted by Gasteiger charge is -2.19. The van der Waals surface area contributed by atoms with Gasteiger partial charge in [-0.1, -0.05) is 24.3 Å². The van der Waals surface area contributed by atoms with Gasteiger partial charge in [0.05, 0.1) is 18.3 Å². The quantitative estimate of drug-likeness (QED) is 0.855. The molecule has 2 aromatic rings. The van der Waals surface area contributed by atoms with Gasteiger partial charge in [0, 0.05) is 4.47 Å². The summed E-state index contributed by atoms with van der Waals surface area (Å²) in [4.78, 5) is 12.2. The molecule has 22 heavy (non-hydrogen) atoms. The SMILES string of the molecule is COc1ccc(C2(NC(=O)Nc3ccccc3Br)CC2)cc1. The molecule has 114 valence electrons. The van der Waals surface area contributed by atoms with Crippen molar-refractivity contribution in [1.82, 2.24) is 5.32 Å². The van der Waals surface area contributed by atoms with Gasteiger partial charge in [0.15, 0.2) is 0 Å². The van der Waals surface area contributed by atoms with E-state index in [-0.39, 0.29) is 11.6 Å². The number of nitrogens with one attached hydrogen (secondary N) is 2. The van der Waals surface area contributed by atoms with Crippen LogP contribution >= 0.6 is 15.9 Å². The van der Waals surface area contributed by atoms with Crippen LogP contribution in [0.25, 0.3) is 0 Å². The minimum Gasteiger partial charge on any atom is -0.497 e. The third kappa shape index (κ3) is 3.09. The molecule has 2 N–H and O–H groups in total. The van der Waals surface area contributed by atoms with Gasteiger partial charge in [-0.25, -0.2) is 4.79 Å². The number of amides is 2. The summed E-state index contributed by atoms with van der Waals surface area (Å²) >= 11 is 3.42. The van der Waals surface area contributed by atoms with E-state index in [1.165, 1.54) is 0 Å². The topological polar surface area (TPSA) is 50.4 Å². The third-order valence-electron chi connectivity index (χ3n) is 3.87. The van der Waals surface area contributed by atoms with Crippen LogP contribution in [0.15, 0.2) is 53.0 Å². The number of para-hydroxylation sites is 1. The van der Waals surface area contributed by atoms with Crippen molar-refractivity contribution >= 4 is 27.6 Å². The predicted octanol–water partition coefficient (Wildman–Crippen LogP) is 4.27. The van der Waals surface area contributed by atoms with Gasteiger partial charge in [0.1, 0.15) is 5.75 Å². The van der Waals surface area contributed by atoms with Crippen LogP contribution in [0.2, 0.25) is 0 Å². The van der Waals surface area contributed by atoms with Crippen molar-refractivity contribution in [2.45, 2.75) is 18.4 Å². The fourth-order valence-electron chi connectivity index (χ4n) is 2.45. The Hall–Kier alpha value is -2.01. The number of ether oxygens (including phenoxy) is 1. The molecule has 1 aliphatic carbocycles. The zero-order valence-electron chi connectivity index (χ0n) is 12.2. The van der Waals surface area contributed by atoms with Crippen molar-refractivity contribution in [3.05, 3.63) is 58.6 Å². The normalized spacial score (nSPS) is 15.0. The summed E-state index contributed by atoms with van der Waals surface area (Å²) < 4.78 is 6.03. The molecule has 0 aliphatic heterocycles. The van der Waals surface area contributed by atoms with Crippen molar-refractivity contribution in [2.24, 2.45) is 0 Å². The summed E-state index contributed by atoms with van der Waals surface area (Å²) in [5.74, 6) is 0.817. The van der Waals surface area contributed by atoms with Gasteiger partial charge in [-0.3, -0.25) is 0 Å². The van der Waals surface area contributed by atoms with Crippen molar-refractivity contribution in [3.63, 3.8) is 0 Å². The van der Waals surface area contributed by atoms with Crippen molar-refractivity contribution in [1.29, 1.82) is 0 Å². The van der Waals surface area contributed by atoms with E-state index in [0.717, 1.165) is 34.3 Å². The number of carbonyl (C=O) groups is 1. The maximum Gasteiger partial charge on any atom is 0.319 e. The summed E-state index contributed by atoms with van der Waals surface area (Å²) in [5, 5.41) is 5.96. The highest BCUT2D eigenvalue weighted by Gasteiger charge is 2.45. The molecule has 3 rings (SSSR count). The fourth-order valence-corrected chi connectivity index (χ4v) is 2.84. The molecular formula is C17H17BrN2O2. The van der Waals surface area contributed by atoms with Gasteiger partial charge in [-0.05, 0) is 58.6 Å². The van der Waals surface area contributed by atoms with E-state index in [1.807, 2.05) is 48.5 Å². The summed E-state index contributed by atoms with van der Waals surface area (Å²) in [6, 6.07) is 15.2. The van der Waals surface area contributed by atoms with Gasteiger partial charge in [-0.15, -0.1) is 0 Å². The molecule has 0 aromatic heterocycles. The Bertz CT molecular complexity index is 681. The summed E-state index contributed by atoms with van der Waals surface area (Å²) in [6.45, 7) is 0. The predicted molar refractivity (Wildman–Crippen MR) is 90.2 cm³/mol. The minimum atomic E-state index is -0.252. The number of hydrogen-bond donors (Lipinski definition) is 2. The lowest BCUT2D eigenvalue weighted by Crippen LogP contribution is -2.38. The van der Waals surface area contributed by atoms with Crippen LogP contribution < -0.4 is 15.4 Å². The molecule has 4 nitrogen and oxygen atoms in total. The number of methoxy groups -OCH3 is 1. The molecule has 0 spiro atoms. The first-order valence-corrected chi connectivity index (χ1v) is 7.90. The zero-order valence-corrected chi connectivity index (χ0v) is 13.8. The molecule has 0 heterocycles. The van der Waals surface area contributed by atoms with Crippen molar-refractivity contribution in [2.75, 3.05) is 12.4 Å². The van der Waals surface area contributed by atoms with Gasteiger partial charge in [0.2, 0.25) is 0 Å². The number of benzene rings is 2. The van der Waals surface area contributed by atoms with E-state index < -0.39 is 0 Å². The Balaban J connectivity index is 1.69. The summed E-state index contributed by atoms with van der Waals surface area (Å²) in [6.07, 6.45) is 1.89. The highest BCUT2D eigenvalue weighted by Crippen LogP contribution is 2.45. The molecule has 1 aliphatic rings. The van der Waals surface area contributed by atoms with Crippen molar-refractivity contribution in [3.8, 4) is 5.75 Å². The maximum atomic E-state index is 12.2. The number of carbonyl (C=O) groups excluding carboxylic acids is 1. The minimum absolute atomic E-state index is 0.194. The monoisotopic (exact) mass is 360 g/mol. The number of rotatable bonds is 4. The Morgan fingerprint density at radius 3 is 2.41 bits per heavy atom. The first kappa shape index (κ1) is 14.9. The van der Waals surface area contributed by atoms with Gasteiger partial charge < -0.3 is 15.4 Å². The Kier molecular flexibility index (Phi) is 4.07. The van der Waals surface area contributed by atoms with Crippen molar-refractivity contribution < 1.29 is 9.53 Å². The number of urea groups is 1. The van der Waals surface area contributed by atoms with Crippen LogP contribution in [-0.2, 0) is 5.54 Å². The van der Waals surface area contributed by atoms with Crippen LogP contribution in [-0.4, -0.2) is 13.1 Å². The van der Waals surface area contributed by atoms with Crippen LogP contribution in [0.1, 0.15) is 18.4 Å². The standard InChI is InChI=1S/C17H17BrN2O2/c1-22-13-8-6-12(7-9-13)17(10-11-17)20-16(21)19-15-5-3-2-4-14(15)18/h2-9H,10-11H2,1H3,(H2,19,20,21). The lowest BCUT2D eigenvalue weighted by molar-refractivity contribution is 0.247. The summed E-state index contributed by atoms with van der Waals surface area (Å²) in [7, 11) is 1.64. The van der Waals surface area contributed by atoms with Crippen LogP contribution in [0.4, 0.5) is 10.5 Å². The van der Waals surface area contributed by atoms with Gasteiger partial charge in [0.25, 0.3) is 0 Å². The molecule has 5 heteroatoms. The first-order chi connectivity index (χ1) is 10.6. The maximum absolute atomic E-state index is 12.2. The van der Waals surface area contributed by atoms with E-state index in [0.29, 0.717) is 0 Å². The average molecular weight is 361 g/mol. The van der Waals surface area contributed by atoms with E-state index in [1.54, 1.807) is 7.11 Å².